The molecule has 0 saturated heterocycles. The van der Waals surface area contributed by atoms with E-state index in [0.717, 1.165) is 5.56 Å². The predicted molar refractivity (Wildman–Crippen MR) is 81.7 cm³/mol. The molecule has 1 amide bonds. The molecule has 1 unspecified atom stereocenters. The molecule has 0 spiro atoms. The van der Waals surface area contributed by atoms with Crippen molar-refractivity contribution in [2.24, 2.45) is 0 Å². The predicted octanol–water partition coefficient (Wildman–Crippen LogP) is 3.25. The lowest BCUT2D eigenvalue weighted by Crippen LogP contribution is -2.40. The molecule has 0 radical (unpaired) electrons. The summed E-state index contributed by atoms with van der Waals surface area (Å²) in [5.74, 6) is 0. The number of rotatable bonds is 5. The van der Waals surface area contributed by atoms with Crippen molar-refractivity contribution >= 4 is 6.09 Å². The van der Waals surface area contributed by atoms with Crippen LogP contribution in [-0.2, 0) is 4.74 Å². The number of alkyl carbamates (subject to hydrolysis) is 1. The van der Waals surface area contributed by atoms with E-state index in [1.165, 1.54) is 0 Å². The van der Waals surface area contributed by atoms with E-state index in [-0.39, 0.29) is 6.04 Å². The second-order valence-electron chi connectivity index (χ2n) is 6.17. The Morgan fingerprint density at radius 2 is 1.80 bits per heavy atom. The van der Waals surface area contributed by atoms with Crippen LogP contribution < -0.4 is 10.6 Å². The van der Waals surface area contributed by atoms with Crippen LogP contribution in [0, 0.1) is 0 Å². The average molecular weight is 278 g/mol. The van der Waals surface area contributed by atoms with E-state index in [0.29, 0.717) is 12.6 Å². The lowest BCUT2D eigenvalue weighted by atomic mass is 10.1. The third-order valence-electron chi connectivity index (χ3n) is 2.62. The number of hydrogen-bond donors (Lipinski definition) is 2. The molecule has 1 atom stereocenters. The average Bonchev–Trinajstić information content (AvgIpc) is 2.33. The first-order valence-electron chi connectivity index (χ1n) is 7.06. The summed E-state index contributed by atoms with van der Waals surface area (Å²) in [7, 11) is 0. The number of ether oxygens (including phenoxy) is 1. The number of hydrogen-bond acceptors (Lipinski definition) is 3. The zero-order valence-electron chi connectivity index (χ0n) is 13.1. The van der Waals surface area contributed by atoms with Gasteiger partial charge in [0.25, 0.3) is 0 Å². The highest BCUT2D eigenvalue weighted by atomic mass is 16.6. The second-order valence-corrected chi connectivity index (χ2v) is 6.17. The monoisotopic (exact) mass is 278 g/mol. The van der Waals surface area contributed by atoms with Gasteiger partial charge in [0, 0.05) is 12.6 Å². The van der Waals surface area contributed by atoms with Gasteiger partial charge in [0.1, 0.15) is 5.60 Å². The molecular weight excluding hydrogens is 252 g/mol. The fourth-order valence-electron chi connectivity index (χ4n) is 1.74. The van der Waals surface area contributed by atoms with Crippen molar-refractivity contribution in [3.63, 3.8) is 0 Å². The molecule has 20 heavy (non-hydrogen) atoms. The number of carbonyl (C=O) groups excluding carboxylic acids is 1. The first-order chi connectivity index (χ1) is 9.28. The zero-order valence-corrected chi connectivity index (χ0v) is 13.1. The van der Waals surface area contributed by atoms with Gasteiger partial charge >= 0.3 is 6.09 Å². The lowest BCUT2D eigenvalue weighted by molar-refractivity contribution is 0.0502. The van der Waals surface area contributed by atoms with E-state index in [2.05, 4.69) is 24.5 Å². The van der Waals surface area contributed by atoms with Crippen molar-refractivity contribution in [2.45, 2.75) is 52.3 Å². The van der Waals surface area contributed by atoms with Crippen LogP contribution in [-0.4, -0.2) is 24.3 Å². The second kappa shape index (κ2) is 7.29. The summed E-state index contributed by atoms with van der Waals surface area (Å²) in [6, 6.07) is 10.2. The fraction of sp³-hybridized carbons (Fsp3) is 0.562. The maximum absolute atomic E-state index is 11.9. The van der Waals surface area contributed by atoms with Crippen molar-refractivity contribution in [3.05, 3.63) is 35.9 Å². The summed E-state index contributed by atoms with van der Waals surface area (Å²) < 4.78 is 5.32. The van der Waals surface area contributed by atoms with Crippen molar-refractivity contribution in [3.8, 4) is 0 Å². The standard InChI is InChI=1S/C16H26N2O2/c1-12(2)17-11-14(13-9-7-6-8-10-13)18-15(19)20-16(3,4)5/h6-10,12,14,17H,11H2,1-5H3,(H,18,19). The molecule has 2 N–H and O–H groups in total. The fourth-order valence-corrected chi connectivity index (χ4v) is 1.74. The molecule has 0 saturated carbocycles. The maximum Gasteiger partial charge on any atom is 0.408 e. The Labute approximate surface area is 121 Å². The molecule has 0 bridgehead atoms. The Hall–Kier alpha value is -1.55. The molecule has 112 valence electrons. The number of carbonyl (C=O) groups is 1. The molecule has 1 rings (SSSR count). The highest BCUT2D eigenvalue weighted by Crippen LogP contribution is 2.14. The van der Waals surface area contributed by atoms with Gasteiger partial charge in [-0.05, 0) is 26.3 Å². The van der Waals surface area contributed by atoms with Gasteiger partial charge in [-0.25, -0.2) is 4.79 Å². The first kappa shape index (κ1) is 16.5. The van der Waals surface area contributed by atoms with Crippen LogP contribution in [0.1, 0.15) is 46.2 Å². The molecule has 0 aromatic heterocycles. The van der Waals surface area contributed by atoms with Gasteiger partial charge < -0.3 is 15.4 Å². The van der Waals surface area contributed by atoms with Gasteiger partial charge in [0.05, 0.1) is 6.04 Å². The van der Waals surface area contributed by atoms with Crippen LogP contribution in [0.4, 0.5) is 4.79 Å². The maximum atomic E-state index is 11.9. The SMILES string of the molecule is CC(C)NCC(NC(=O)OC(C)(C)C)c1ccccc1. The summed E-state index contributed by atoms with van der Waals surface area (Å²) >= 11 is 0. The molecule has 1 aromatic rings. The molecule has 4 nitrogen and oxygen atoms in total. The molecule has 1 aromatic carbocycles. The van der Waals surface area contributed by atoms with Gasteiger partial charge in [-0.1, -0.05) is 44.2 Å². The lowest BCUT2D eigenvalue weighted by Gasteiger charge is -2.24. The van der Waals surface area contributed by atoms with Crippen molar-refractivity contribution in [2.75, 3.05) is 6.54 Å². The Bertz CT molecular complexity index is 410. The third-order valence-corrected chi connectivity index (χ3v) is 2.62. The van der Waals surface area contributed by atoms with Gasteiger partial charge in [-0.2, -0.15) is 0 Å². The van der Waals surface area contributed by atoms with Crippen LogP contribution in [0.3, 0.4) is 0 Å². The molecular formula is C16H26N2O2. The normalized spacial score (nSPS) is 13.1. The zero-order chi connectivity index (χ0) is 15.2. The quantitative estimate of drug-likeness (QED) is 0.869. The minimum atomic E-state index is -0.489. The summed E-state index contributed by atoms with van der Waals surface area (Å²) in [5.41, 5.74) is 0.572. The van der Waals surface area contributed by atoms with Gasteiger partial charge in [0.2, 0.25) is 0 Å². The Kier molecular flexibility index (Phi) is 6.02. The van der Waals surface area contributed by atoms with E-state index in [1.54, 1.807) is 0 Å². The molecule has 0 aliphatic rings. The molecule has 4 heteroatoms. The van der Waals surface area contributed by atoms with Gasteiger partial charge in [0.15, 0.2) is 0 Å². The third kappa shape index (κ3) is 6.57. The Morgan fingerprint density at radius 3 is 2.30 bits per heavy atom. The molecule has 0 aliphatic carbocycles. The van der Waals surface area contributed by atoms with Gasteiger partial charge in [-0.15, -0.1) is 0 Å². The van der Waals surface area contributed by atoms with Crippen LogP contribution >= 0.6 is 0 Å². The van der Waals surface area contributed by atoms with Crippen molar-refractivity contribution in [1.82, 2.24) is 10.6 Å². The topological polar surface area (TPSA) is 50.4 Å². The van der Waals surface area contributed by atoms with E-state index in [1.807, 2.05) is 51.1 Å². The first-order valence-corrected chi connectivity index (χ1v) is 7.06. The number of amides is 1. The molecule has 0 fully saturated rings. The Balaban J connectivity index is 2.71. The minimum absolute atomic E-state index is 0.103. The molecule has 0 heterocycles. The van der Waals surface area contributed by atoms with E-state index < -0.39 is 11.7 Å². The van der Waals surface area contributed by atoms with Crippen LogP contribution in [0.2, 0.25) is 0 Å². The molecule has 0 aliphatic heterocycles. The summed E-state index contributed by atoms with van der Waals surface area (Å²) in [4.78, 5) is 11.9. The van der Waals surface area contributed by atoms with Crippen molar-refractivity contribution < 1.29 is 9.53 Å². The minimum Gasteiger partial charge on any atom is -0.444 e. The van der Waals surface area contributed by atoms with E-state index >= 15 is 0 Å². The highest BCUT2D eigenvalue weighted by Gasteiger charge is 2.20. The van der Waals surface area contributed by atoms with E-state index in [9.17, 15) is 4.79 Å². The Morgan fingerprint density at radius 1 is 1.20 bits per heavy atom. The summed E-state index contributed by atoms with van der Waals surface area (Å²) in [5, 5.41) is 6.26. The number of benzene rings is 1. The highest BCUT2D eigenvalue weighted by molar-refractivity contribution is 5.68. The van der Waals surface area contributed by atoms with Crippen LogP contribution in [0.25, 0.3) is 0 Å². The largest absolute Gasteiger partial charge is 0.444 e. The van der Waals surface area contributed by atoms with E-state index in [4.69, 9.17) is 4.74 Å². The summed E-state index contributed by atoms with van der Waals surface area (Å²) in [6.07, 6.45) is -0.392. The van der Waals surface area contributed by atoms with Gasteiger partial charge in [-0.3, -0.25) is 0 Å². The van der Waals surface area contributed by atoms with Crippen molar-refractivity contribution in [1.29, 1.82) is 0 Å². The van der Waals surface area contributed by atoms with Crippen LogP contribution in [0.15, 0.2) is 30.3 Å². The smallest absolute Gasteiger partial charge is 0.408 e. The number of nitrogens with one attached hydrogen (secondary N) is 2. The summed E-state index contributed by atoms with van der Waals surface area (Å²) in [6.45, 7) is 10.4. The van der Waals surface area contributed by atoms with Crippen LogP contribution in [0.5, 0.6) is 0 Å².